The molecule has 2 aromatic carbocycles. The lowest BCUT2D eigenvalue weighted by atomic mass is 10.1. The van der Waals surface area contributed by atoms with Crippen molar-refractivity contribution in [2.24, 2.45) is 0 Å². The van der Waals surface area contributed by atoms with Gasteiger partial charge in [0.15, 0.2) is 11.5 Å². The van der Waals surface area contributed by atoms with Crippen LogP contribution >= 0.6 is 0 Å². The van der Waals surface area contributed by atoms with Gasteiger partial charge in [-0.3, -0.25) is 23.6 Å². The Hall–Kier alpha value is -3.79. The summed E-state index contributed by atoms with van der Waals surface area (Å²) in [6.07, 6.45) is 0.411. The molecule has 9 nitrogen and oxygen atoms in total. The van der Waals surface area contributed by atoms with Crippen LogP contribution in [0.15, 0.2) is 59.1 Å². The summed E-state index contributed by atoms with van der Waals surface area (Å²) in [5.41, 5.74) is 0.154. The van der Waals surface area contributed by atoms with E-state index in [0.717, 1.165) is 9.21 Å². The van der Waals surface area contributed by atoms with E-state index in [1.54, 1.807) is 25.1 Å². The quantitative estimate of drug-likeness (QED) is 0.471. The van der Waals surface area contributed by atoms with E-state index in [2.05, 4.69) is 0 Å². The van der Waals surface area contributed by atoms with Crippen molar-refractivity contribution in [2.45, 2.75) is 25.2 Å². The van der Waals surface area contributed by atoms with Gasteiger partial charge in [-0.2, -0.15) is 0 Å². The highest BCUT2D eigenvalue weighted by molar-refractivity contribution is 7.89. The van der Waals surface area contributed by atoms with E-state index in [0.29, 0.717) is 6.42 Å². The molecule has 0 N–H and O–H groups in total. The van der Waals surface area contributed by atoms with Gasteiger partial charge in [0.25, 0.3) is 21.8 Å². The van der Waals surface area contributed by atoms with Crippen molar-refractivity contribution < 1.29 is 32.3 Å². The molecule has 0 aromatic heterocycles. The molecule has 2 aliphatic rings. The fourth-order valence-corrected chi connectivity index (χ4v) is 5.69. The number of Topliss-reactive ketones (excluding diaryl/α,β-unsaturated/α-hetero) is 1. The SMILES string of the molecule is CCCN1C(C(C)=O)=C(OC(=O)CN2C(=O)c3ccccc3C2=O)c2ccccc2S1(=O)=O. The highest BCUT2D eigenvalue weighted by Crippen LogP contribution is 2.38. The van der Waals surface area contributed by atoms with Gasteiger partial charge in [-0.15, -0.1) is 0 Å². The van der Waals surface area contributed by atoms with E-state index < -0.39 is 40.1 Å². The van der Waals surface area contributed by atoms with Crippen molar-refractivity contribution in [3.63, 3.8) is 0 Å². The molecule has 0 unspecified atom stereocenters. The molecule has 0 saturated carbocycles. The molecule has 0 fully saturated rings. The fraction of sp³-hybridized carbons (Fsp3) is 0.217. The summed E-state index contributed by atoms with van der Waals surface area (Å²) >= 11 is 0. The first-order chi connectivity index (χ1) is 15.7. The molecule has 2 aromatic rings. The number of allylic oxidation sites excluding steroid dienone is 1. The molecule has 2 heterocycles. The first kappa shape index (κ1) is 22.4. The van der Waals surface area contributed by atoms with Crippen molar-refractivity contribution >= 4 is 39.3 Å². The third-order valence-corrected chi connectivity index (χ3v) is 7.16. The van der Waals surface area contributed by atoms with E-state index in [4.69, 9.17) is 4.74 Å². The summed E-state index contributed by atoms with van der Waals surface area (Å²) < 4.78 is 32.7. The van der Waals surface area contributed by atoms with Gasteiger partial charge in [0.2, 0.25) is 0 Å². The molecular weight excluding hydrogens is 448 g/mol. The first-order valence-electron chi connectivity index (χ1n) is 10.2. The fourth-order valence-electron chi connectivity index (χ4n) is 3.89. The number of rotatable bonds is 6. The maximum absolute atomic E-state index is 13.1. The number of sulfonamides is 1. The van der Waals surface area contributed by atoms with Crippen LogP contribution in [0.1, 0.15) is 46.5 Å². The van der Waals surface area contributed by atoms with Crippen LogP contribution in [0.3, 0.4) is 0 Å². The van der Waals surface area contributed by atoms with Crippen molar-refractivity contribution in [3.8, 4) is 0 Å². The van der Waals surface area contributed by atoms with Gasteiger partial charge in [0.05, 0.1) is 16.0 Å². The standard InChI is InChI=1S/C23H20N2O7S/c1-3-12-25-20(14(2)26)21(17-10-6-7-11-18(17)33(25,30)31)32-19(27)13-24-22(28)15-8-4-5-9-16(15)23(24)29/h4-11H,3,12-13H2,1-2H3. The summed E-state index contributed by atoms with van der Waals surface area (Å²) in [5.74, 6) is -3.07. The van der Waals surface area contributed by atoms with Gasteiger partial charge in [-0.05, 0) is 30.7 Å². The van der Waals surface area contributed by atoms with Crippen LogP contribution in [-0.4, -0.2) is 54.3 Å². The first-order valence-corrected chi connectivity index (χ1v) is 11.7. The van der Waals surface area contributed by atoms with Gasteiger partial charge < -0.3 is 4.74 Å². The summed E-state index contributed by atoms with van der Waals surface area (Å²) in [5, 5.41) is 0. The molecule has 2 aliphatic heterocycles. The summed E-state index contributed by atoms with van der Waals surface area (Å²) in [6, 6.07) is 12.1. The molecule has 0 spiro atoms. The molecule has 0 aliphatic carbocycles. The van der Waals surface area contributed by atoms with Crippen LogP contribution in [0, 0.1) is 0 Å². The van der Waals surface area contributed by atoms with Crippen LogP contribution in [0.4, 0.5) is 0 Å². The number of hydrogen-bond acceptors (Lipinski definition) is 7. The van der Waals surface area contributed by atoms with Crippen LogP contribution in [0.2, 0.25) is 0 Å². The Bertz CT molecular complexity index is 1310. The Labute approximate surface area is 190 Å². The zero-order valence-electron chi connectivity index (χ0n) is 17.9. The second-order valence-electron chi connectivity index (χ2n) is 7.52. The minimum absolute atomic E-state index is 0.00500. The number of ketones is 1. The Kier molecular flexibility index (Phi) is 5.62. The van der Waals surface area contributed by atoms with Gasteiger partial charge >= 0.3 is 5.97 Å². The number of nitrogens with zero attached hydrogens (tertiary/aromatic N) is 2. The van der Waals surface area contributed by atoms with Crippen molar-refractivity contribution in [3.05, 3.63) is 70.9 Å². The topological polar surface area (TPSA) is 118 Å². The van der Waals surface area contributed by atoms with Crippen molar-refractivity contribution in [2.75, 3.05) is 13.1 Å². The number of ether oxygens (including phenoxy) is 1. The smallest absolute Gasteiger partial charge is 0.331 e. The average Bonchev–Trinajstić information content (AvgIpc) is 3.02. The van der Waals surface area contributed by atoms with Gasteiger partial charge in [0.1, 0.15) is 12.2 Å². The summed E-state index contributed by atoms with van der Waals surface area (Å²) in [4.78, 5) is 51.1. The summed E-state index contributed by atoms with van der Waals surface area (Å²) in [7, 11) is -4.04. The number of hydrogen-bond donors (Lipinski definition) is 0. The van der Waals surface area contributed by atoms with E-state index in [1.807, 2.05) is 0 Å². The number of imide groups is 1. The average molecular weight is 468 g/mol. The molecule has 0 saturated heterocycles. The minimum Gasteiger partial charge on any atom is -0.422 e. The Balaban J connectivity index is 1.72. The Morgan fingerprint density at radius 3 is 2.00 bits per heavy atom. The third-order valence-electron chi connectivity index (χ3n) is 5.31. The Morgan fingerprint density at radius 2 is 1.45 bits per heavy atom. The van der Waals surface area contributed by atoms with Crippen LogP contribution in [-0.2, 0) is 24.3 Å². The van der Waals surface area contributed by atoms with Gasteiger partial charge in [0, 0.05) is 19.0 Å². The zero-order chi connectivity index (χ0) is 23.9. The number of fused-ring (bicyclic) bond motifs is 2. The second-order valence-corrected chi connectivity index (χ2v) is 9.35. The van der Waals surface area contributed by atoms with Crippen LogP contribution in [0.5, 0.6) is 0 Å². The predicted octanol–water partition coefficient (Wildman–Crippen LogP) is 2.20. The molecule has 33 heavy (non-hydrogen) atoms. The normalized spacial score (nSPS) is 16.5. The number of carbonyl (C=O) groups excluding carboxylic acids is 4. The van der Waals surface area contributed by atoms with Crippen molar-refractivity contribution in [1.82, 2.24) is 9.21 Å². The van der Waals surface area contributed by atoms with Crippen molar-refractivity contribution in [1.29, 1.82) is 0 Å². The molecular formula is C23H20N2O7S. The molecule has 0 bridgehead atoms. The molecule has 2 amide bonds. The molecule has 10 heteroatoms. The van der Waals surface area contributed by atoms with E-state index in [-0.39, 0.29) is 39.6 Å². The monoisotopic (exact) mass is 468 g/mol. The maximum Gasteiger partial charge on any atom is 0.331 e. The van der Waals surface area contributed by atoms with Gasteiger partial charge in [-0.1, -0.05) is 31.2 Å². The molecule has 0 atom stereocenters. The number of carbonyl (C=O) groups is 4. The lowest BCUT2D eigenvalue weighted by Crippen LogP contribution is -2.39. The minimum atomic E-state index is -4.04. The highest BCUT2D eigenvalue weighted by Gasteiger charge is 2.41. The predicted molar refractivity (Wildman–Crippen MR) is 116 cm³/mol. The lowest BCUT2D eigenvalue weighted by molar-refractivity contribution is -0.137. The summed E-state index contributed by atoms with van der Waals surface area (Å²) in [6.45, 7) is 2.25. The number of esters is 1. The molecule has 170 valence electrons. The van der Waals surface area contributed by atoms with Gasteiger partial charge in [-0.25, -0.2) is 13.2 Å². The third kappa shape index (κ3) is 3.62. The largest absolute Gasteiger partial charge is 0.422 e. The Morgan fingerprint density at radius 1 is 0.909 bits per heavy atom. The maximum atomic E-state index is 13.1. The van der Waals surface area contributed by atoms with E-state index >= 15 is 0 Å². The molecule has 4 rings (SSSR count). The number of amides is 2. The molecule has 0 radical (unpaired) electrons. The van der Waals surface area contributed by atoms with E-state index in [9.17, 15) is 27.6 Å². The highest BCUT2D eigenvalue weighted by atomic mass is 32.2. The van der Waals surface area contributed by atoms with E-state index in [1.165, 1.54) is 37.3 Å². The second kappa shape index (κ2) is 8.28. The van der Waals surface area contributed by atoms with Crippen LogP contribution in [0.25, 0.3) is 5.76 Å². The van der Waals surface area contributed by atoms with Crippen LogP contribution < -0.4 is 0 Å². The number of benzene rings is 2. The zero-order valence-corrected chi connectivity index (χ0v) is 18.7. The lowest BCUT2D eigenvalue weighted by Gasteiger charge is -2.32.